The largest absolute Gasteiger partial charge is 0.486 e. The highest BCUT2D eigenvalue weighted by Crippen LogP contribution is 2.37. The second-order valence-corrected chi connectivity index (χ2v) is 5.67. The van der Waals surface area contributed by atoms with Crippen LogP contribution in [0.25, 0.3) is 0 Å². The molecule has 2 aromatic rings. The number of halogens is 2. The van der Waals surface area contributed by atoms with Crippen molar-refractivity contribution in [2.75, 3.05) is 13.2 Å². The van der Waals surface area contributed by atoms with Crippen LogP contribution in [0.5, 0.6) is 11.5 Å². The molecule has 3 rings (SSSR count). The van der Waals surface area contributed by atoms with Crippen LogP contribution in [0.15, 0.2) is 30.3 Å². The van der Waals surface area contributed by atoms with Gasteiger partial charge in [0.1, 0.15) is 19.0 Å². The molecule has 21 heavy (non-hydrogen) atoms. The summed E-state index contributed by atoms with van der Waals surface area (Å²) in [5.41, 5.74) is 3.00. The molecule has 0 amide bonds. The molecular formula is C17H16ClFO2. The lowest BCUT2D eigenvalue weighted by Crippen LogP contribution is -2.15. The molecule has 1 heterocycles. The van der Waals surface area contributed by atoms with Crippen LogP contribution in [0.2, 0.25) is 0 Å². The van der Waals surface area contributed by atoms with Gasteiger partial charge in [-0.05, 0) is 48.2 Å². The van der Waals surface area contributed by atoms with E-state index >= 15 is 0 Å². The predicted octanol–water partition coefficient (Wildman–Crippen LogP) is 4.54. The Balaban J connectivity index is 1.96. The molecule has 2 nitrogen and oxygen atoms in total. The number of benzene rings is 2. The van der Waals surface area contributed by atoms with Crippen molar-refractivity contribution in [3.63, 3.8) is 0 Å². The molecule has 1 atom stereocenters. The van der Waals surface area contributed by atoms with Gasteiger partial charge < -0.3 is 9.47 Å². The molecule has 0 bridgehead atoms. The van der Waals surface area contributed by atoms with Crippen molar-refractivity contribution in [3.8, 4) is 11.5 Å². The van der Waals surface area contributed by atoms with E-state index in [0.717, 1.165) is 16.9 Å². The molecule has 0 radical (unpaired) electrons. The number of hydrogen-bond donors (Lipinski definition) is 0. The van der Waals surface area contributed by atoms with Crippen molar-refractivity contribution >= 4 is 11.6 Å². The van der Waals surface area contributed by atoms with Crippen molar-refractivity contribution in [3.05, 3.63) is 58.4 Å². The number of aryl methyl sites for hydroxylation is 2. The third-order valence-corrected chi connectivity index (χ3v) is 4.11. The van der Waals surface area contributed by atoms with Crippen molar-refractivity contribution in [2.24, 2.45) is 0 Å². The second kappa shape index (κ2) is 5.57. The number of rotatable bonds is 2. The van der Waals surface area contributed by atoms with E-state index < -0.39 is 0 Å². The lowest BCUT2D eigenvalue weighted by Gasteiger charge is -2.20. The molecule has 0 spiro atoms. The summed E-state index contributed by atoms with van der Waals surface area (Å²) >= 11 is 6.55. The van der Waals surface area contributed by atoms with E-state index in [9.17, 15) is 4.39 Å². The maximum Gasteiger partial charge on any atom is 0.161 e. The Morgan fingerprint density at radius 2 is 1.57 bits per heavy atom. The zero-order valence-electron chi connectivity index (χ0n) is 12.0. The summed E-state index contributed by atoms with van der Waals surface area (Å²) in [5.74, 6) is 1.27. The van der Waals surface area contributed by atoms with Gasteiger partial charge >= 0.3 is 0 Å². The Bertz CT molecular complexity index is 661. The van der Waals surface area contributed by atoms with Crippen LogP contribution in [0.3, 0.4) is 0 Å². The molecule has 1 aliphatic heterocycles. The fourth-order valence-electron chi connectivity index (χ4n) is 2.54. The van der Waals surface area contributed by atoms with E-state index in [2.05, 4.69) is 0 Å². The van der Waals surface area contributed by atoms with Crippen molar-refractivity contribution in [2.45, 2.75) is 19.2 Å². The van der Waals surface area contributed by atoms with Gasteiger partial charge in [-0.3, -0.25) is 0 Å². The summed E-state index contributed by atoms with van der Waals surface area (Å²) in [7, 11) is 0. The summed E-state index contributed by atoms with van der Waals surface area (Å²) in [4.78, 5) is 0. The standard InChI is InChI=1S/C17H16ClFO2/c1-10-7-13(8-11(2)17(10)19)16(18)12-3-4-14-15(9-12)21-6-5-20-14/h3-4,7-9,16H,5-6H2,1-2H3. The van der Waals surface area contributed by atoms with Crippen LogP contribution >= 0.6 is 11.6 Å². The fourth-order valence-corrected chi connectivity index (χ4v) is 2.80. The van der Waals surface area contributed by atoms with Gasteiger partial charge in [-0.1, -0.05) is 18.2 Å². The Morgan fingerprint density at radius 1 is 0.952 bits per heavy atom. The Kier molecular flexibility index (Phi) is 3.77. The van der Waals surface area contributed by atoms with Gasteiger partial charge in [0, 0.05) is 0 Å². The summed E-state index contributed by atoms with van der Waals surface area (Å²) in [6.07, 6.45) is 0. The van der Waals surface area contributed by atoms with Crippen LogP contribution in [0.1, 0.15) is 27.6 Å². The van der Waals surface area contributed by atoms with Crippen molar-refractivity contribution in [1.82, 2.24) is 0 Å². The van der Waals surface area contributed by atoms with E-state index in [1.807, 2.05) is 18.2 Å². The SMILES string of the molecule is Cc1cc(C(Cl)c2ccc3c(c2)OCCO3)cc(C)c1F. The first-order chi connectivity index (χ1) is 10.1. The Labute approximate surface area is 128 Å². The summed E-state index contributed by atoms with van der Waals surface area (Å²) in [6, 6.07) is 9.25. The zero-order valence-corrected chi connectivity index (χ0v) is 12.7. The molecule has 0 aliphatic carbocycles. The molecule has 0 aromatic heterocycles. The van der Waals surface area contributed by atoms with Gasteiger partial charge in [-0.25, -0.2) is 4.39 Å². The minimum atomic E-state index is -0.348. The topological polar surface area (TPSA) is 18.5 Å². The third kappa shape index (κ3) is 2.70. The van der Waals surface area contributed by atoms with Gasteiger partial charge in [0.25, 0.3) is 0 Å². The Morgan fingerprint density at radius 3 is 2.24 bits per heavy atom. The minimum absolute atomic E-state index is 0.176. The minimum Gasteiger partial charge on any atom is -0.486 e. The molecule has 110 valence electrons. The molecular weight excluding hydrogens is 291 g/mol. The fraction of sp³-hybridized carbons (Fsp3) is 0.294. The van der Waals surface area contributed by atoms with E-state index in [-0.39, 0.29) is 11.2 Å². The highest BCUT2D eigenvalue weighted by atomic mass is 35.5. The first-order valence-electron chi connectivity index (χ1n) is 6.86. The summed E-state index contributed by atoms with van der Waals surface area (Å²) < 4.78 is 24.8. The van der Waals surface area contributed by atoms with Gasteiger partial charge in [0.15, 0.2) is 11.5 Å². The average molecular weight is 307 g/mol. The molecule has 1 aliphatic rings. The molecule has 0 fully saturated rings. The second-order valence-electron chi connectivity index (χ2n) is 5.23. The number of alkyl halides is 1. The van der Waals surface area contributed by atoms with Crippen LogP contribution in [0.4, 0.5) is 4.39 Å². The number of ether oxygens (including phenoxy) is 2. The predicted molar refractivity (Wildman–Crippen MR) is 81.0 cm³/mol. The van der Waals surface area contributed by atoms with Gasteiger partial charge in [-0.2, -0.15) is 0 Å². The van der Waals surface area contributed by atoms with E-state index in [1.165, 1.54) is 0 Å². The Hall–Kier alpha value is -1.74. The van der Waals surface area contributed by atoms with Crippen molar-refractivity contribution < 1.29 is 13.9 Å². The number of fused-ring (bicyclic) bond motifs is 1. The van der Waals surface area contributed by atoms with Crippen LogP contribution in [0, 0.1) is 19.7 Å². The van der Waals surface area contributed by atoms with Gasteiger partial charge in [0.2, 0.25) is 0 Å². The zero-order chi connectivity index (χ0) is 15.0. The third-order valence-electron chi connectivity index (χ3n) is 3.61. The van der Waals surface area contributed by atoms with E-state index in [1.54, 1.807) is 26.0 Å². The van der Waals surface area contributed by atoms with Crippen LogP contribution < -0.4 is 9.47 Å². The maximum absolute atomic E-state index is 13.7. The maximum atomic E-state index is 13.7. The highest BCUT2D eigenvalue weighted by molar-refractivity contribution is 6.22. The van der Waals surface area contributed by atoms with Gasteiger partial charge in [-0.15, -0.1) is 11.6 Å². The van der Waals surface area contributed by atoms with Crippen LogP contribution in [-0.4, -0.2) is 13.2 Å². The van der Waals surface area contributed by atoms with Gasteiger partial charge in [0.05, 0.1) is 5.38 Å². The monoisotopic (exact) mass is 306 g/mol. The van der Waals surface area contributed by atoms with E-state index in [4.69, 9.17) is 21.1 Å². The molecule has 0 saturated carbocycles. The molecule has 2 aromatic carbocycles. The lowest BCUT2D eigenvalue weighted by atomic mass is 9.99. The van der Waals surface area contributed by atoms with E-state index in [0.29, 0.717) is 30.1 Å². The molecule has 1 unspecified atom stereocenters. The summed E-state index contributed by atoms with van der Waals surface area (Å²) in [5, 5.41) is -0.348. The highest BCUT2D eigenvalue weighted by Gasteiger charge is 2.18. The smallest absolute Gasteiger partial charge is 0.161 e. The van der Waals surface area contributed by atoms with Crippen molar-refractivity contribution in [1.29, 1.82) is 0 Å². The first-order valence-corrected chi connectivity index (χ1v) is 7.30. The quantitative estimate of drug-likeness (QED) is 0.758. The average Bonchev–Trinajstić information content (AvgIpc) is 2.51. The normalized spacial score (nSPS) is 14.9. The molecule has 0 saturated heterocycles. The van der Waals surface area contributed by atoms with Crippen LogP contribution in [-0.2, 0) is 0 Å². The first kappa shape index (κ1) is 14.2. The molecule has 0 N–H and O–H groups in total. The lowest BCUT2D eigenvalue weighted by molar-refractivity contribution is 0.171. The summed E-state index contributed by atoms with van der Waals surface area (Å²) in [6.45, 7) is 4.60. The molecule has 4 heteroatoms. The number of hydrogen-bond acceptors (Lipinski definition) is 2.